The first-order chi connectivity index (χ1) is 7.50. The van der Waals surface area contributed by atoms with E-state index in [-0.39, 0.29) is 0 Å². The summed E-state index contributed by atoms with van der Waals surface area (Å²) in [6, 6.07) is 0. The van der Waals surface area contributed by atoms with Crippen molar-refractivity contribution in [1.82, 2.24) is 0 Å². The molecule has 2 bridgehead atoms. The molecule has 0 aliphatic heterocycles. The molecule has 0 aromatic rings. The van der Waals surface area contributed by atoms with Crippen molar-refractivity contribution in [2.24, 2.45) is 35.5 Å². The molecule has 16 heavy (non-hydrogen) atoms. The first kappa shape index (κ1) is 11.9. The van der Waals surface area contributed by atoms with Crippen LogP contribution in [-0.4, -0.2) is 5.78 Å². The van der Waals surface area contributed by atoms with Gasteiger partial charge < -0.3 is 0 Å². The van der Waals surface area contributed by atoms with Gasteiger partial charge in [0, 0.05) is 12.3 Å². The van der Waals surface area contributed by atoms with E-state index in [2.05, 4.69) is 39.8 Å². The van der Waals surface area contributed by atoms with Crippen LogP contribution in [0.15, 0.2) is 12.2 Å². The Morgan fingerprint density at radius 2 is 1.81 bits per heavy atom. The number of allylic oxidation sites excluding steroid dienone is 2. The van der Waals surface area contributed by atoms with Crippen LogP contribution in [0.4, 0.5) is 0 Å². The fourth-order valence-electron chi connectivity index (χ4n) is 3.76. The number of fused-ring (bicyclic) bond motifs is 2. The maximum atomic E-state index is 12.3. The van der Waals surface area contributed by atoms with Crippen molar-refractivity contribution in [2.45, 2.75) is 40.5 Å². The van der Waals surface area contributed by atoms with Crippen molar-refractivity contribution in [2.75, 3.05) is 0 Å². The average Bonchev–Trinajstić information content (AvgIpc) is 2.74. The van der Waals surface area contributed by atoms with Crippen LogP contribution in [-0.2, 0) is 4.79 Å². The molecule has 0 aromatic heterocycles. The molecule has 1 heteroatoms. The van der Waals surface area contributed by atoms with E-state index in [1.54, 1.807) is 0 Å². The van der Waals surface area contributed by atoms with Crippen molar-refractivity contribution >= 4 is 5.78 Å². The Bertz CT molecular complexity index is 301. The quantitative estimate of drug-likeness (QED) is 0.660. The third-order valence-electron chi connectivity index (χ3n) is 4.27. The van der Waals surface area contributed by atoms with Crippen LogP contribution >= 0.6 is 0 Å². The summed E-state index contributed by atoms with van der Waals surface area (Å²) in [5.41, 5.74) is 0. The van der Waals surface area contributed by atoms with E-state index in [1.165, 1.54) is 6.42 Å². The van der Waals surface area contributed by atoms with Crippen molar-refractivity contribution in [1.29, 1.82) is 0 Å². The molecule has 0 heterocycles. The monoisotopic (exact) mass is 220 g/mol. The zero-order valence-corrected chi connectivity index (χ0v) is 10.9. The fourth-order valence-corrected chi connectivity index (χ4v) is 3.76. The summed E-state index contributed by atoms with van der Waals surface area (Å²) in [4.78, 5) is 12.3. The maximum absolute atomic E-state index is 12.3. The Morgan fingerprint density at radius 3 is 2.38 bits per heavy atom. The zero-order valence-electron chi connectivity index (χ0n) is 10.9. The predicted molar refractivity (Wildman–Crippen MR) is 67.0 cm³/mol. The SMILES string of the molecule is CC(C)CC(=O)C1[C@H](C(C)C)[C@@H]2C=C[C@H]1C2. The molecular weight excluding hydrogens is 196 g/mol. The van der Waals surface area contributed by atoms with E-state index in [9.17, 15) is 4.79 Å². The number of carbonyl (C=O) groups is 1. The number of rotatable bonds is 4. The van der Waals surface area contributed by atoms with E-state index in [0.29, 0.717) is 41.3 Å². The Morgan fingerprint density at radius 1 is 1.19 bits per heavy atom. The fraction of sp³-hybridized carbons (Fsp3) is 0.800. The predicted octanol–water partition coefficient (Wildman–Crippen LogP) is 3.70. The first-order valence-corrected chi connectivity index (χ1v) is 6.71. The molecule has 90 valence electrons. The van der Waals surface area contributed by atoms with Gasteiger partial charge in [0.25, 0.3) is 0 Å². The van der Waals surface area contributed by atoms with E-state index in [1.807, 2.05) is 0 Å². The molecule has 1 unspecified atom stereocenters. The number of hydrogen-bond acceptors (Lipinski definition) is 1. The summed E-state index contributed by atoms with van der Waals surface area (Å²) in [6.07, 6.45) is 6.66. The smallest absolute Gasteiger partial charge is 0.137 e. The minimum Gasteiger partial charge on any atom is -0.299 e. The van der Waals surface area contributed by atoms with Crippen molar-refractivity contribution < 1.29 is 4.79 Å². The van der Waals surface area contributed by atoms with E-state index in [0.717, 1.165) is 6.42 Å². The summed E-state index contributed by atoms with van der Waals surface area (Å²) in [5, 5.41) is 0. The maximum Gasteiger partial charge on any atom is 0.137 e. The number of Topliss-reactive ketones (excluding diaryl/α,β-unsaturated/α-hetero) is 1. The molecule has 1 nitrogen and oxygen atoms in total. The molecule has 2 aliphatic rings. The minimum atomic E-state index is 0.331. The second kappa shape index (κ2) is 4.35. The van der Waals surface area contributed by atoms with Crippen molar-refractivity contribution in [3.63, 3.8) is 0 Å². The lowest BCUT2D eigenvalue weighted by molar-refractivity contribution is -0.126. The third kappa shape index (κ3) is 1.97. The van der Waals surface area contributed by atoms with Gasteiger partial charge in [-0.3, -0.25) is 4.79 Å². The lowest BCUT2D eigenvalue weighted by Gasteiger charge is -2.30. The zero-order chi connectivity index (χ0) is 11.9. The molecule has 0 amide bonds. The number of hydrogen-bond donors (Lipinski definition) is 0. The lowest BCUT2D eigenvalue weighted by Crippen LogP contribution is -2.31. The normalized spacial score (nSPS) is 36.6. The van der Waals surface area contributed by atoms with Gasteiger partial charge in [0.1, 0.15) is 5.78 Å². The summed E-state index contributed by atoms with van der Waals surface area (Å²) in [7, 11) is 0. The van der Waals surface area contributed by atoms with Crippen LogP contribution < -0.4 is 0 Å². The van der Waals surface area contributed by atoms with Gasteiger partial charge >= 0.3 is 0 Å². The van der Waals surface area contributed by atoms with Gasteiger partial charge in [-0.15, -0.1) is 0 Å². The summed E-state index contributed by atoms with van der Waals surface area (Å²) < 4.78 is 0. The van der Waals surface area contributed by atoms with Gasteiger partial charge in [0.2, 0.25) is 0 Å². The van der Waals surface area contributed by atoms with Crippen molar-refractivity contribution in [3.05, 3.63) is 12.2 Å². The molecule has 0 N–H and O–H groups in total. The van der Waals surface area contributed by atoms with Crippen LogP contribution in [0.3, 0.4) is 0 Å². The van der Waals surface area contributed by atoms with Gasteiger partial charge in [0.15, 0.2) is 0 Å². The number of carbonyl (C=O) groups excluding carboxylic acids is 1. The standard InChI is InChI=1S/C15H24O/c1-9(2)7-13(16)15-12-6-5-11(8-12)14(15)10(3)4/h5-6,9-12,14-15H,7-8H2,1-4H3/t11-,12+,14-,15?/m1/s1. The highest BCUT2D eigenvalue weighted by atomic mass is 16.1. The van der Waals surface area contributed by atoms with E-state index in [4.69, 9.17) is 0 Å². The van der Waals surface area contributed by atoms with Gasteiger partial charge in [-0.05, 0) is 36.0 Å². The van der Waals surface area contributed by atoms with Gasteiger partial charge in [0.05, 0.1) is 0 Å². The first-order valence-electron chi connectivity index (χ1n) is 6.71. The summed E-state index contributed by atoms with van der Waals surface area (Å²) in [5.74, 6) is 3.85. The Kier molecular flexibility index (Phi) is 3.23. The van der Waals surface area contributed by atoms with E-state index >= 15 is 0 Å². The Labute approximate surface area is 99.3 Å². The molecule has 2 aliphatic carbocycles. The van der Waals surface area contributed by atoms with Crippen LogP contribution in [0.25, 0.3) is 0 Å². The average molecular weight is 220 g/mol. The lowest BCUT2D eigenvalue weighted by atomic mass is 9.73. The molecule has 0 radical (unpaired) electrons. The van der Waals surface area contributed by atoms with Gasteiger partial charge in [-0.1, -0.05) is 39.8 Å². The number of ketones is 1. The molecule has 2 rings (SSSR count). The topological polar surface area (TPSA) is 17.1 Å². The molecule has 0 spiro atoms. The van der Waals surface area contributed by atoms with Crippen LogP contribution in [0.1, 0.15) is 40.5 Å². The van der Waals surface area contributed by atoms with Crippen LogP contribution in [0.5, 0.6) is 0 Å². The molecule has 0 saturated heterocycles. The molecular formula is C15H24O. The van der Waals surface area contributed by atoms with Crippen LogP contribution in [0, 0.1) is 35.5 Å². The third-order valence-corrected chi connectivity index (χ3v) is 4.27. The highest BCUT2D eigenvalue weighted by molar-refractivity contribution is 5.82. The highest BCUT2D eigenvalue weighted by Crippen LogP contribution is 2.51. The summed E-state index contributed by atoms with van der Waals surface area (Å²) >= 11 is 0. The molecule has 0 aromatic carbocycles. The molecule has 1 saturated carbocycles. The largest absolute Gasteiger partial charge is 0.299 e. The van der Waals surface area contributed by atoms with Crippen molar-refractivity contribution in [3.8, 4) is 0 Å². The molecule has 4 atom stereocenters. The van der Waals surface area contributed by atoms with Gasteiger partial charge in [-0.25, -0.2) is 0 Å². The molecule has 1 fully saturated rings. The second-order valence-electron chi connectivity index (χ2n) is 6.36. The van der Waals surface area contributed by atoms with E-state index < -0.39 is 0 Å². The minimum absolute atomic E-state index is 0.331. The highest BCUT2D eigenvalue weighted by Gasteiger charge is 2.48. The second-order valence-corrected chi connectivity index (χ2v) is 6.36. The van der Waals surface area contributed by atoms with Crippen LogP contribution in [0.2, 0.25) is 0 Å². The summed E-state index contributed by atoms with van der Waals surface area (Å²) in [6.45, 7) is 8.83. The Hall–Kier alpha value is -0.590. The Balaban J connectivity index is 2.13. The van der Waals surface area contributed by atoms with Gasteiger partial charge in [-0.2, -0.15) is 0 Å².